The van der Waals surface area contributed by atoms with Gasteiger partial charge in [-0.05, 0) is 49.4 Å². The van der Waals surface area contributed by atoms with Crippen LogP contribution in [0.3, 0.4) is 0 Å². The SMILES string of the molecule is COC1(c2cccc(C(N)=O)c2)C2CCCC1CN(CCC1CC1)C2. The van der Waals surface area contributed by atoms with Crippen LogP contribution in [0.25, 0.3) is 0 Å². The lowest BCUT2D eigenvalue weighted by molar-refractivity contribution is -0.169. The molecule has 0 aromatic heterocycles. The number of carbonyl (C=O) groups excluding carboxylic acids is 1. The van der Waals surface area contributed by atoms with Crippen LogP contribution < -0.4 is 5.73 Å². The summed E-state index contributed by atoms with van der Waals surface area (Å²) in [5.74, 6) is 1.61. The summed E-state index contributed by atoms with van der Waals surface area (Å²) < 4.78 is 6.27. The summed E-state index contributed by atoms with van der Waals surface area (Å²) >= 11 is 0. The van der Waals surface area contributed by atoms with Gasteiger partial charge in [0.15, 0.2) is 0 Å². The van der Waals surface area contributed by atoms with Crippen molar-refractivity contribution in [2.24, 2.45) is 23.5 Å². The van der Waals surface area contributed by atoms with E-state index < -0.39 is 0 Å². The predicted molar refractivity (Wildman–Crippen MR) is 98.3 cm³/mol. The van der Waals surface area contributed by atoms with Crippen molar-refractivity contribution in [1.29, 1.82) is 0 Å². The fourth-order valence-electron chi connectivity index (χ4n) is 5.32. The Morgan fingerprint density at radius 3 is 2.56 bits per heavy atom. The average molecular weight is 342 g/mol. The molecule has 136 valence electrons. The van der Waals surface area contributed by atoms with Gasteiger partial charge in [-0.15, -0.1) is 0 Å². The van der Waals surface area contributed by atoms with Gasteiger partial charge in [0.2, 0.25) is 5.91 Å². The minimum atomic E-state index is -0.361. The molecule has 4 heteroatoms. The fourth-order valence-corrected chi connectivity index (χ4v) is 5.32. The molecule has 2 unspecified atom stereocenters. The van der Waals surface area contributed by atoms with E-state index in [0.29, 0.717) is 17.4 Å². The fraction of sp³-hybridized carbons (Fsp3) is 0.667. The molecule has 2 atom stereocenters. The highest BCUT2D eigenvalue weighted by molar-refractivity contribution is 5.92. The van der Waals surface area contributed by atoms with Gasteiger partial charge in [0.05, 0.1) is 0 Å². The van der Waals surface area contributed by atoms with E-state index in [9.17, 15) is 4.79 Å². The first-order valence-electron chi connectivity index (χ1n) is 9.81. The number of hydrogen-bond acceptors (Lipinski definition) is 3. The van der Waals surface area contributed by atoms with Gasteiger partial charge in [-0.2, -0.15) is 0 Å². The van der Waals surface area contributed by atoms with Crippen LogP contribution in [0.15, 0.2) is 24.3 Å². The number of fused-ring (bicyclic) bond motifs is 2. The molecule has 25 heavy (non-hydrogen) atoms. The van der Waals surface area contributed by atoms with Gasteiger partial charge in [-0.3, -0.25) is 4.79 Å². The minimum absolute atomic E-state index is 0.264. The Hall–Kier alpha value is -1.39. The summed E-state index contributed by atoms with van der Waals surface area (Å²) in [4.78, 5) is 14.3. The molecule has 3 fully saturated rings. The Balaban J connectivity index is 1.61. The molecule has 1 aromatic carbocycles. The van der Waals surface area contributed by atoms with E-state index in [4.69, 9.17) is 10.5 Å². The van der Waals surface area contributed by atoms with Crippen molar-refractivity contribution in [2.45, 2.75) is 44.1 Å². The van der Waals surface area contributed by atoms with Gasteiger partial charge in [-0.25, -0.2) is 0 Å². The lowest BCUT2D eigenvalue weighted by atomic mass is 9.62. The first-order chi connectivity index (χ1) is 12.1. The number of likely N-dealkylation sites (tertiary alicyclic amines) is 1. The summed E-state index contributed by atoms with van der Waals surface area (Å²) in [5, 5.41) is 0. The van der Waals surface area contributed by atoms with Crippen LogP contribution in [0.2, 0.25) is 0 Å². The lowest BCUT2D eigenvalue weighted by Gasteiger charge is -2.55. The van der Waals surface area contributed by atoms with Gasteiger partial charge in [-0.1, -0.05) is 31.4 Å². The van der Waals surface area contributed by atoms with Crippen molar-refractivity contribution >= 4 is 5.91 Å². The molecule has 1 saturated heterocycles. The molecule has 1 amide bonds. The molecule has 3 aliphatic rings. The number of amides is 1. The number of ether oxygens (including phenoxy) is 1. The third-order valence-corrected chi connectivity index (χ3v) is 6.76. The first-order valence-corrected chi connectivity index (χ1v) is 9.81. The number of rotatable bonds is 6. The Kier molecular flexibility index (Phi) is 4.59. The quantitative estimate of drug-likeness (QED) is 0.864. The number of primary amides is 1. The average Bonchev–Trinajstić information content (AvgIpc) is 3.43. The second-order valence-corrected chi connectivity index (χ2v) is 8.26. The normalized spacial score (nSPS) is 32.5. The monoisotopic (exact) mass is 342 g/mol. The van der Waals surface area contributed by atoms with E-state index in [1.807, 2.05) is 19.2 Å². The molecule has 0 spiro atoms. The number of methoxy groups -OCH3 is 1. The maximum Gasteiger partial charge on any atom is 0.248 e. The minimum Gasteiger partial charge on any atom is -0.373 e. The van der Waals surface area contributed by atoms with Gasteiger partial charge in [0.1, 0.15) is 5.60 Å². The van der Waals surface area contributed by atoms with Crippen molar-refractivity contribution < 1.29 is 9.53 Å². The van der Waals surface area contributed by atoms with E-state index in [1.165, 1.54) is 45.1 Å². The van der Waals surface area contributed by atoms with Gasteiger partial charge < -0.3 is 15.4 Å². The van der Waals surface area contributed by atoms with E-state index in [-0.39, 0.29) is 11.5 Å². The Morgan fingerprint density at radius 2 is 1.96 bits per heavy atom. The molecular formula is C21H30N2O2. The molecule has 1 aliphatic heterocycles. The summed E-state index contributed by atoms with van der Waals surface area (Å²) in [5.41, 5.74) is 6.98. The molecular weight excluding hydrogens is 312 g/mol. The van der Waals surface area contributed by atoms with E-state index in [2.05, 4.69) is 11.0 Å². The zero-order chi connectivity index (χ0) is 17.4. The number of nitrogens with two attached hydrogens (primary N) is 1. The molecule has 1 aromatic rings. The highest BCUT2D eigenvalue weighted by Gasteiger charge is 2.53. The summed E-state index contributed by atoms with van der Waals surface area (Å²) in [7, 11) is 1.85. The van der Waals surface area contributed by atoms with Crippen molar-refractivity contribution in [3.05, 3.63) is 35.4 Å². The smallest absolute Gasteiger partial charge is 0.248 e. The maximum absolute atomic E-state index is 11.7. The number of carbonyl (C=O) groups is 1. The second kappa shape index (κ2) is 6.73. The lowest BCUT2D eigenvalue weighted by Crippen LogP contribution is -2.59. The summed E-state index contributed by atoms with van der Waals surface area (Å²) in [6.45, 7) is 3.45. The van der Waals surface area contributed by atoms with Crippen LogP contribution in [-0.4, -0.2) is 37.6 Å². The van der Waals surface area contributed by atoms with E-state index >= 15 is 0 Å². The standard InChI is InChI=1S/C21H30N2O2/c1-25-21(17-5-2-4-16(12-17)20(22)24)18-6-3-7-19(21)14-23(13-18)11-10-15-8-9-15/h2,4-5,12,15,18-19H,3,6-11,13-14H2,1H3,(H2,22,24). The molecule has 1 heterocycles. The van der Waals surface area contributed by atoms with Gasteiger partial charge in [0.25, 0.3) is 0 Å². The third kappa shape index (κ3) is 3.11. The van der Waals surface area contributed by atoms with Crippen molar-refractivity contribution in [3.63, 3.8) is 0 Å². The predicted octanol–water partition coefficient (Wildman–Crippen LogP) is 3.16. The van der Waals surface area contributed by atoms with Gasteiger partial charge >= 0.3 is 0 Å². The number of nitrogens with zero attached hydrogens (tertiary/aromatic N) is 1. The van der Waals surface area contributed by atoms with Crippen molar-refractivity contribution in [2.75, 3.05) is 26.7 Å². The third-order valence-electron chi connectivity index (χ3n) is 6.76. The van der Waals surface area contributed by atoms with Crippen LogP contribution in [0.1, 0.15) is 54.4 Å². The first kappa shape index (κ1) is 17.0. The van der Waals surface area contributed by atoms with Crippen molar-refractivity contribution in [1.82, 2.24) is 4.90 Å². The largest absolute Gasteiger partial charge is 0.373 e. The molecule has 4 rings (SSSR count). The van der Waals surface area contributed by atoms with E-state index in [0.717, 1.165) is 24.6 Å². The highest BCUT2D eigenvalue weighted by Crippen LogP contribution is 2.51. The Morgan fingerprint density at radius 1 is 1.24 bits per heavy atom. The van der Waals surface area contributed by atoms with Crippen LogP contribution >= 0.6 is 0 Å². The van der Waals surface area contributed by atoms with Crippen LogP contribution in [0.4, 0.5) is 0 Å². The van der Waals surface area contributed by atoms with Crippen LogP contribution in [0.5, 0.6) is 0 Å². The van der Waals surface area contributed by atoms with E-state index in [1.54, 1.807) is 6.07 Å². The number of hydrogen-bond donors (Lipinski definition) is 1. The topological polar surface area (TPSA) is 55.6 Å². The molecule has 2 bridgehead atoms. The molecule has 2 saturated carbocycles. The van der Waals surface area contributed by atoms with Crippen LogP contribution in [-0.2, 0) is 10.3 Å². The zero-order valence-electron chi connectivity index (χ0n) is 15.2. The second-order valence-electron chi connectivity index (χ2n) is 8.26. The Bertz CT molecular complexity index is 627. The highest BCUT2D eigenvalue weighted by atomic mass is 16.5. The molecule has 4 nitrogen and oxygen atoms in total. The summed E-state index contributed by atoms with van der Waals surface area (Å²) in [6, 6.07) is 7.85. The number of piperidine rings is 1. The Labute approximate surface area is 150 Å². The summed E-state index contributed by atoms with van der Waals surface area (Å²) in [6.07, 6.45) is 7.91. The van der Waals surface area contributed by atoms with Gasteiger partial charge in [0, 0.05) is 37.6 Å². The molecule has 2 N–H and O–H groups in total. The number of benzene rings is 1. The molecule has 2 aliphatic carbocycles. The molecule has 0 radical (unpaired) electrons. The zero-order valence-corrected chi connectivity index (χ0v) is 15.2. The van der Waals surface area contributed by atoms with Crippen LogP contribution in [0, 0.1) is 17.8 Å². The maximum atomic E-state index is 11.7. The van der Waals surface area contributed by atoms with Crippen molar-refractivity contribution in [3.8, 4) is 0 Å².